The average Bonchev–Trinajstić information content (AvgIpc) is 2.46. The second kappa shape index (κ2) is 6.07. The number of pyridine rings is 1. The Bertz CT molecular complexity index is 489. The molecule has 0 saturated heterocycles. The molecule has 18 heavy (non-hydrogen) atoms. The molecule has 0 fully saturated rings. The van der Waals surface area contributed by atoms with Crippen molar-refractivity contribution < 1.29 is 5.11 Å². The lowest BCUT2D eigenvalue weighted by Crippen LogP contribution is -2.25. The highest BCUT2D eigenvalue weighted by Gasteiger charge is 2.11. The van der Waals surface area contributed by atoms with Crippen LogP contribution in [0.3, 0.4) is 0 Å². The molecule has 2 rings (SSSR count). The summed E-state index contributed by atoms with van der Waals surface area (Å²) in [7, 11) is 0. The minimum Gasteiger partial charge on any atom is -0.391 e. The van der Waals surface area contributed by atoms with Crippen LogP contribution in [0.4, 0.5) is 5.82 Å². The summed E-state index contributed by atoms with van der Waals surface area (Å²) < 4.78 is 0. The fourth-order valence-corrected chi connectivity index (χ4v) is 1.77. The van der Waals surface area contributed by atoms with E-state index in [1.54, 1.807) is 12.4 Å². The number of nitrogens with zero attached hydrogens (tertiary/aromatic N) is 4. The number of aliphatic hydroxyl groups is 1. The number of rotatable bonds is 5. The zero-order valence-corrected chi connectivity index (χ0v) is 10.3. The van der Waals surface area contributed by atoms with Crippen LogP contribution in [0.5, 0.6) is 0 Å². The van der Waals surface area contributed by atoms with Crippen LogP contribution in [0.15, 0.2) is 36.9 Å². The van der Waals surface area contributed by atoms with Gasteiger partial charge in [-0.1, -0.05) is 6.07 Å². The van der Waals surface area contributed by atoms with Crippen LogP contribution in [0.2, 0.25) is 0 Å². The highest BCUT2D eigenvalue weighted by molar-refractivity contribution is 5.45. The zero-order valence-electron chi connectivity index (χ0n) is 10.3. The van der Waals surface area contributed by atoms with Gasteiger partial charge in [0.05, 0.1) is 18.8 Å². The molecule has 0 radical (unpaired) electrons. The maximum Gasteiger partial charge on any atom is 0.137 e. The van der Waals surface area contributed by atoms with Gasteiger partial charge in [-0.2, -0.15) is 0 Å². The van der Waals surface area contributed by atoms with Crippen LogP contribution in [0.1, 0.15) is 18.2 Å². The Kier molecular flexibility index (Phi) is 4.20. The maximum absolute atomic E-state index is 9.31. The van der Waals surface area contributed by atoms with E-state index in [4.69, 9.17) is 0 Å². The van der Waals surface area contributed by atoms with Crippen molar-refractivity contribution in [3.63, 3.8) is 0 Å². The number of aromatic nitrogens is 3. The Hall–Kier alpha value is -2.01. The SMILES string of the molecule is CCN(Cc1ccccn1)c1ncncc1CO. The summed E-state index contributed by atoms with van der Waals surface area (Å²) in [5, 5.41) is 9.31. The summed E-state index contributed by atoms with van der Waals surface area (Å²) in [6.45, 7) is 3.45. The van der Waals surface area contributed by atoms with Crippen molar-refractivity contribution in [2.24, 2.45) is 0 Å². The first-order valence-electron chi connectivity index (χ1n) is 5.89. The molecular formula is C13H16N4O. The maximum atomic E-state index is 9.31. The first-order chi connectivity index (χ1) is 8.85. The van der Waals surface area contributed by atoms with Gasteiger partial charge >= 0.3 is 0 Å². The molecule has 2 heterocycles. The second-order valence-corrected chi connectivity index (χ2v) is 3.86. The molecule has 0 aromatic carbocycles. The summed E-state index contributed by atoms with van der Waals surface area (Å²) >= 11 is 0. The van der Waals surface area contributed by atoms with Crippen molar-refractivity contribution in [2.75, 3.05) is 11.4 Å². The van der Waals surface area contributed by atoms with Crippen LogP contribution in [0, 0.1) is 0 Å². The molecular weight excluding hydrogens is 228 g/mol. The zero-order chi connectivity index (χ0) is 12.8. The summed E-state index contributed by atoms with van der Waals surface area (Å²) in [6.07, 6.45) is 4.91. The molecule has 1 N–H and O–H groups in total. The standard InChI is InChI=1S/C13H16N4O/c1-2-17(8-12-5-3-4-6-15-12)13-11(9-18)7-14-10-16-13/h3-7,10,18H,2,8-9H2,1H3. The molecule has 0 aliphatic rings. The van der Waals surface area contributed by atoms with E-state index in [9.17, 15) is 5.11 Å². The van der Waals surface area contributed by atoms with Gasteiger partial charge in [0.1, 0.15) is 12.1 Å². The fraction of sp³-hybridized carbons (Fsp3) is 0.308. The van der Waals surface area contributed by atoms with Crippen molar-refractivity contribution in [1.29, 1.82) is 0 Å². The van der Waals surface area contributed by atoms with Crippen LogP contribution < -0.4 is 4.90 Å². The lowest BCUT2D eigenvalue weighted by molar-refractivity contribution is 0.281. The first kappa shape index (κ1) is 12.4. The summed E-state index contributed by atoms with van der Waals surface area (Å²) in [5.74, 6) is 0.764. The Morgan fingerprint density at radius 2 is 2.17 bits per heavy atom. The predicted molar refractivity (Wildman–Crippen MR) is 68.9 cm³/mol. The lowest BCUT2D eigenvalue weighted by atomic mass is 10.2. The quantitative estimate of drug-likeness (QED) is 0.861. The fourth-order valence-electron chi connectivity index (χ4n) is 1.77. The number of anilines is 1. The van der Waals surface area contributed by atoms with E-state index in [0.29, 0.717) is 6.54 Å². The second-order valence-electron chi connectivity index (χ2n) is 3.86. The third-order valence-electron chi connectivity index (χ3n) is 2.69. The van der Waals surface area contributed by atoms with Gasteiger partial charge < -0.3 is 10.0 Å². The number of hydrogen-bond acceptors (Lipinski definition) is 5. The van der Waals surface area contributed by atoms with E-state index in [2.05, 4.69) is 19.9 Å². The van der Waals surface area contributed by atoms with E-state index in [1.165, 1.54) is 6.33 Å². The largest absolute Gasteiger partial charge is 0.391 e. The van der Waals surface area contributed by atoms with E-state index in [-0.39, 0.29) is 6.61 Å². The van der Waals surface area contributed by atoms with E-state index in [0.717, 1.165) is 23.6 Å². The molecule has 94 valence electrons. The molecule has 0 amide bonds. The van der Waals surface area contributed by atoms with Gasteiger partial charge in [-0.3, -0.25) is 4.98 Å². The van der Waals surface area contributed by atoms with Gasteiger partial charge in [-0.05, 0) is 19.1 Å². The van der Waals surface area contributed by atoms with E-state index >= 15 is 0 Å². The highest BCUT2D eigenvalue weighted by atomic mass is 16.3. The lowest BCUT2D eigenvalue weighted by Gasteiger charge is -2.23. The normalized spacial score (nSPS) is 10.3. The number of hydrogen-bond donors (Lipinski definition) is 1. The Morgan fingerprint density at radius 3 is 2.83 bits per heavy atom. The topological polar surface area (TPSA) is 62.1 Å². The Labute approximate surface area is 106 Å². The Morgan fingerprint density at radius 1 is 1.28 bits per heavy atom. The van der Waals surface area contributed by atoms with Gasteiger partial charge in [0.15, 0.2) is 0 Å². The van der Waals surface area contributed by atoms with Gasteiger partial charge in [-0.25, -0.2) is 9.97 Å². The van der Waals surface area contributed by atoms with Crippen molar-refractivity contribution in [3.8, 4) is 0 Å². The van der Waals surface area contributed by atoms with Crippen molar-refractivity contribution >= 4 is 5.82 Å². The van der Waals surface area contributed by atoms with Crippen LogP contribution in [-0.4, -0.2) is 26.6 Å². The molecule has 2 aromatic heterocycles. The van der Waals surface area contributed by atoms with E-state index < -0.39 is 0 Å². The summed E-state index contributed by atoms with van der Waals surface area (Å²) in [4.78, 5) is 14.5. The average molecular weight is 244 g/mol. The third-order valence-corrected chi connectivity index (χ3v) is 2.69. The minimum atomic E-state index is -0.0606. The predicted octanol–water partition coefficient (Wildman–Crippen LogP) is 1.39. The van der Waals surface area contributed by atoms with Gasteiger partial charge in [0.2, 0.25) is 0 Å². The number of aliphatic hydroxyl groups excluding tert-OH is 1. The van der Waals surface area contributed by atoms with Gasteiger partial charge in [0, 0.05) is 24.5 Å². The van der Waals surface area contributed by atoms with Crippen molar-refractivity contribution in [1.82, 2.24) is 15.0 Å². The monoisotopic (exact) mass is 244 g/mol. The highest BCUT2D eigenvalue weighted by Crippen LogP contribution is 2.17. The Balaban J connectivity index is 2.23. The molecule has 5 nitrogen and oxygen atoms in total. The van der Waals surface area contributed by atoms with Crippen molar-refractivity contribution in [2.45, 2.75) is 20.1 Å². The molecule has 0 aliphatic heterocycles. The smallest absolute Gasteiger partial charge is 0.137 e. The molecule has 0 spiro atoms. The molecule has 0 bridgehead atoms. The minimum absolute atomic E-state index is 0.0606. The van der Waals surface area contributed by atoms with E-state index in [1.807, 2.05) is 25.1 Å². The molecule has 5 heteroatoms. The first-order valence-corrected chi connectivity index (χ1v) is 5.89. The van der Waals surface area contributed by atoms with Crippen LogP contribution in [-0.2, 0) is 13.2 Å². The van der Waals surface area contributed by atoms with Crippen LogP contribution >= 0.6 is 0 Å². The molecule has 2 aromatic rings. The molecule has 0 atom stereocenters. The van der Waals surface area contributed by atoms with Gasteiger partial charge in [-0.15, -0.1) is 0 Å². The third kappa shape index (κ3) is 2.81. The molecule has 0 saturated carbocycles. The van der Waals surface area contributed by atoms with Crippen LogP contribution in [0.25, 0.3) is 0 Å². The summed E-state index contributed by atoms with van der Waals surface area (Å²) in [5.41, 5.74) is 1.71. The summed E-state index contributed by atoms with van der Waals surface area (Å²) in [6, 6.07) is 5.83. The van der Waals surface area contributed by atoms with Crippen molar-refractivity contribution in [3.05, 3.63) is 48.2 Å². The van der Waals surface area contributed by atoms with Gasteiger partial charge in [0.25, 0.3) is 0 Å². The molecule has 0 unspecified atom stereocenters. The molecule has 0 aliphatic carbocycles.